The van der Waals surface area contributed by atoms with Crippen LogP contribution < -0.4 is 31.6 Å². The molecule has 15 nitrogen and oxygen atoms in total. The first kappa shape index (κ1) is 24.2. The lowest BCUT2D eigenvalue weighted by atomic mass is 9.84. The predicted molar refractivity (Wildman–Crippen MR) is 130 cm³/mol. The molecule has 1 aromatic carbocycles. The van der Waals surface area contributed by atoms with Gasteiger partial charge in [-0.25, -0.2) is 9.98 Å². The third-order valence-corrected chi connectivity index (χ3v) is 7.56. The highest BCUT2D eigenvalue weighted by atomic mass is 16.7. The molecule has 3 amide bonds. The standard InChI is InChI=1S/C23H28N8O7/c1-21(2)37-12-5-3-4-10(16(12)38-21)18(34)27-13-9-31-20(25)26-11(8-30-14(32)6-7-15(30)33)17-22(31,23(13,35)36)29-19(24)28-17/h3-5,11,13,17,35-36H,6-9H2,1-2H3,(H2,25,26)(H,27,34)(H3,24,28,29)/t11-,13?,17-,22?/m0/s1. The van der Waals surface area contributed by atoms with E-state index < -0.39 is 41.3 Å². The van der Waals surface area contributed by atoms with Crippen molar-refractivity contribution in [3.05, 3.63) is 23.8 Å². The van der Waals surface area contributed by atoms with E-state index in [2.05, 4.69) is 20.6 Å². The number of aliphatic hydroxyl groups is 2. The van der Waals surface area contributed by atoms with Crippen LogP contribution in [0.4, 0.5) is 0 Å². The van der Waals surface area contributed by atoms with Crippen molar-refractivity contribution < 1.29 is 34.1 Å². The van der Waals surface area contributed by atoms with Gasteiger partial charge in [-0.05, 0) is 12.1 Å². The van der Waals surface area contributed by atoms with E-state index in [0.717, 1.165) is 4.90 Å². The van der Waals surface area contributed by atoms with Crippen LogP contribution >= 0.6 is 0 Å². The summed E-state index contributed by atoms with van der Waals surface area (Å²) < 4.78 is 11.5. The lowest BCUT2D eigenvalue weighted by Crippen LogP contribution is -2.78. The summed E-state index contributed by atoms with van der Waals surface area (Å²) in [5.74, 6) is -4.59. The Hall–Kier alpha value is -4.11. The van der Waals surface area contributed by atoms with E-state index in [1.165, 1.54) is 11.0 Å². The summed E-state index contributed by atoms with van der Waals surface area (Å²) in [5.41, 5.74) is 10.6. The van der Waals surface area contributed by atoms with Gasteiger partial charge in [0.1, 0.15) is 12.1 Å². The van der Waals surface area contributed by atoms with E-state index in [-0.39, 0.29) is 61.0 Å². The summed E-state index contributed by atoms with van der Waals surface area (Å²) in [6.07, 6.45) is 0.174. The topological polar surface area (TPSA) is 217 Å². The molecule has 0 bridgehead atoms. The fourth-order valence-electron chi connectivity index (χ4n) is 5.90. The van der Waals surface area contributed by atoms with Gasteiger partial charge < -0.3 is 46.7 Å². The number of rotatable bonds is 4. The molecule has 5 heterocycles. The van der Waals surface area contributed by atoms with E-state index in [4.69, 9.17) is 20.9 Å². The summed E-state index contributed by atoms with van der Waals surface area (Å²) in [6.45, 7) is 3.08. The number of ether oxygens (including phenoxy) is 2. The Morgan fingerprint density at radius 1 is 1.18 bits per heavy atom. The van der Waals surface area contributed by atoms with Crippen molar-refractivity contribution in [3.63, 3.8) is 0 Å². The molecule has 0 radical (unpaired) electrons. The number of hydrogen-bond acceptors (Lipinski definition) is 13. The molecule has 8 N–H and O–H groups in total. The molecular weight excluding hydrogens is 500 g/mol. The Balaban J connectivity index is 1.31. The van der Waals surface area contributed by atoms with Crippen molar-refractivity contribution in [2.24, 2.45) is 21.5 Å². The van der Waals surface area contributed by atoms with Gasteiger partial charge in [0, 0.05) is 33.2 Å². The fraction of sp³-hybridized carbons (Fsp3) is 0.522. The first-order chi connectivity index (χ1) is 17.8. The Morgan fingerprint density at radius 3 is 2.61 bits per heavy atom. The molecule has 4 atom stereocenters. The first-order valence-corrected chi connectivity index (χ1v) is 12.2. The first-order valence-electron chi connectivity index (χ1n) is 12.2. The second-order valence-electron chi connectivity index (χ2n) is 10.4. The van der Waals surface area contributed by atoms with Crippen LogP contribution in [-0.2, 0) is 9.59 Å². The zero-order valence-electron chi connectivity index (χ0n) is 20.7. The lowest BCUT2D eigenvalue weighted by molar-refractivity contribution is -0.230. The number of hydrogen-bond donors (Lipinski definition) is 6. The summed E-state index contributed by atoms with van der Waals surface area (Å²) in [4.78, 5) is 49.1. The maximum absolute atomic E-state index is 13.4. The van der Waals surface area contributed by atoms with Crippen LogP contribution in [0.3, 0.4) is 0 Å². The summed E-state index contributed by atoms with van der Waals surface area (Å²) >= 11 is 0. The Labute approximate surface area is 216 Å². The van der Waals surface area contributed by atoms with Gasteiger partial charge in [0.2, 0.25) is 23.4 Å². The zero-order chi connectivity index (χ0) is 27.2. The van der Waals surface area contributed by atoms with Gasteiger partial charge in [0.25, 0.3) is 5.91 Å². The highest BCUT2D eigenvalue weighted by Crippen LogP contribution is 2.46. The molecule has 5 aliphatic rings. The number of carbonyl (C=O) groups is 3. The molecule has 6 rings (SSSR count). The third kappa shape index (κ3) is 3.24. The monoisotopic (exact) mass is 528 g/mol. The number of likely N-dealkylation sites (tertiary alicyclic amines) is 1. The minimum absolute atomic E-state index is 0.0868. The van der Waals surface area contributed by atoms with Gasteiger partial charge in [0.15, 0.2) is 29.1 Å². The van der Waals surface area contributed by atoms with Crippen LogP contribution in [0.2, 0.25) is 0 Å². The van der Waals surface area contributed by atoms with Gasteiger partial charge in [-0.15, -0.1) is 0 Å². The van der Waals surface area contributed by atoms with Crippen LogP contribution in [0.1, 0.15) is 37.0 Å². The van der Waals surface area contributed by atoms with Crippen molar-refractivity contribution in [3.8, 4) is 11.5 Å². The van der Waals surface area contributed by atoms with Crippen LogP contribution in [0.25, 0.3) is 0 Å². The largest absolute Gasteiger partial charge is 0.449 e. The van der Waals surface area contributed by atoms with Gasteiger partial charge in [-0.1, -0.05) is 6.07 Å². The molecule has 2 saturated heterocycles. The van der Waals surface area contributed by atoms with Crippen molar-refractivity contribution >= 4 is 29.6 Å². The van der Waals surface area contributed by atoms with E-state index in [0.29, 0.717) is 5.75 Å². The maximum atomic E-state index is 13.4. The van der Waals surface area contributed by atoms with Crippen molar-refractivity contribution in [2.45, 2.75) is 62.1 Å². The number of aliphatic imine (C=N–C) groups is 2. The van der Waals surface area contributed by atoms with Crippen LogP contribution in [0, 0.1) is 0 Å². The molecular formula is C23H28N8O7. The number of nitrogens with zero attached hydrogens (tertiary/aromatic N) is 4. The number of imide groups is 1. The van der Waals surface area contributed by atoms with E-state index >= 15 is 0 Å². The Morgan fingerprint density at radius 2 is 1.89 bits per heavy atom. The van der Waals surface area contributed by atoms with E-state index in [1.54, 1.807) is 26.0 Å². The quantitative estimate of drug-likeness (QED) is 0.172. The molecule has 0 aliphatic carbocycles. The van der Waals surface area contributed by atoms with Crippen LogP contribution in [-0.4, -0.2) is 98.1 Å². The van der Waals surface area contributed by atoms with Crippen molar-refractivity contribution in [2.75, 3.05) is 13.1 Å². The molecule has 1 spiro atoms. The number of guanidine groups is 2. The molecule has 0 saturated carbocycles. The SMILES string of the molecule is CC1(C)Oc2cccc(C(=O)NC3CN4C(N)=N[C@@H](CN5C(=O)CCC5=O)[C@@H]5N=C(N)NC54C3(O)O)c2O1. The molecule has 38 heavy (non-hydrogen) atoms. The second kappa shape index (κ2) is 7.70. The van der Waals surface area contributed by atoms with Gasteiger partial charge >= 0.3 is 0 Å². The number of amides is 3. The van der Waals surface area contributed by atoms with Gasteiger partial charge in [0.05, 0.1) is 18.2 Å². The molecule has 2 unspecified atom stereocenters. The normalized spacial score (nSPS) is 31.9. The predicted octanol–water partition coefficient (Wildman–Crippen LogP) is -2.88. The van der Waals surface area contributed by atoms with Gasteiger partial charge in [-0.3, -0.25) is 19.3 Å². The summed E-state index contributed by atoms with van der Waals surface area (Å²) in [5, 5.41) is 28.7. The lowest BCUT2D eigenvalue weighted by Gasteiger charge is -2.49. The molecule has 15 heteroatoms. The Kier molecular flexibility index (Phi) is 4.91. The molecule has 0 aromatic heterocycles. The molecule has 202 valence electrons. The Bertz CT molecular complexity index is 1310. The average molecular weight is 529 g/mol. The second-order valence-corrected chi connectivity index (χ2v) is 10.4. The summed E-state index contributed by atoms with van der Waals surface area (Å²) in [6, 6.07) is 1.57. The summed E-state index contributed by atoms with van der Waals surface area (Å²) in [7, 11) is 0. The fourth-order valence-corrected chi connectivity index (χ4v) is 5.90. The molecule has 2 fully saturated rings. The van der Waals surface area contributed by atoms with E-state index in [1.807, 2.05) is 0 Å². The minimum Gasteiger partial charge on any atom is -0.449 e. The average Bonchev–Trinajstić information content (AvgIpc) is 3.52. The number of carbonyl (C=O) groups excluding carboxylic acids is 3. The van der Waals surface area contributed by atoms with Crippen molar-refractivity contribution in [1.82, 2.24) is 20.4 Å². The smallest absolute Gasteiger partial charge is 0.255 e. The van der Waals surface area contributed by atoms with Crippen LogP contribution in [0.5, 0.6) is 11.5 Å². The number of nitrogens with one attached hydrogen (secondary N) is 2. The number of benzene rings is 1. The number of fused-ring (bicyclic) bond motifs is 1. The highest BCUT2D eigenvalue weighted by molar-refractivity contribution is 6.02. The molecule has 1 aromatic rings. The maximum Gasteiger partial charge on any atom is 0.255 e. The number of para-hydroxylation sites is 1. The van der Waals surface area contributed by atoms with Crippen molar-refractivity contribution in [1.29, 1.82) is 0 Å². The minimum atomic E-state index is -2.68. The third-order valence-electron chi connectivity index (χ3n) is 7.56. The van der Waals surface area contributed by atoms with Gasteiger partial charge in [-0.2, -0.15) is 0 Å². The van der Waals surface area contributed by atoms with E-state index in [9.17, 15) is 24.6 Å². The highest BCUT2D eigenvalue weighted by Gasteiger charge is 2.73. The molecule has 5 aliphatic heterocycles. The number of nitrogens with two attached hydrogens (primary N) is 2. The van der Waals surface area contributed by atoms with Crippen LogP contribution in [0.15, 0.2) is 28.2 Å². The zero-order valence-corrected chi connectivity index (χ0v) is 20.7.